The summed E-state index contributed by atoms with van der Waals surface area (Å²) in [6, 6.07) is 0. The van der Waals surface area contributed by atoms with Gasteiger partial charge in [0.05, 0.1) is 0 Å². The van der Waals surface area contributed by atoms with E-state index in [2.05, 4.69) is 27.7 Å². The van der Waals surface area contributed by atoms with Crippen LogP contribution in [0.1, 0.15) is 53.4 Å². The number of hydrogen-bond acceptors (Lipinski definition) is 3. The summed E-state index contributed by atoms with van der Waals surface area (Å²) in [5.74, 6) is 0.503. The molecule has 0 aromatic heterocycles. The van der Waals surface area contributed by atoms with Gasteiger partial charge in [0.2, 0.25) is 0 Å². The predicted octanol–water partition coefficient (Wildman–Crippen LogP) is 4.25. The largest absolute Gasteiger partial charge is 0.461 e. The molecular formula is C13H25ClO2S. The van der Waals surface area contributed by atoms with Gasteiger partial charge >= 0.3 is 5.97 Å². The minimum atomic E-state index is -0.303. The highest BCUT2D eigenvalue weighted by Gasteiger charge is 2.18. The minimum Gasteiger partial charge on any atom is -0.461 e. The Kier molecular flexibility index (Phi) is 9.15. The first-order chi connectivity index (χ1) is 7.89. The molecule has 0 aromatic carbocycles. The van der Waals surface area contributed by atoms with Crippen LogP contribution in [-0.2, 0) is 9.53 Å². The highest BCUT2D eigenvalue weighted by molar-refractivity contribution is 8.00. The number of esters is 1. The summed E-state index contributed by atoms with van der Waals surface area (Å²) >= 11 is 7.30. The Morgan fingerprint density at radius 3 is 2.47 bits per heavy atom. The van der Waals surface area contributed by atoms with E-state index < -0.39 is 0 Å². The van der Waals surface area contributed by atoms with E-state index >= 15 is 0 Å². The lowest BCUT2D eigenvalue weighted by molar-refractivity contribution is -0.145. The van der Waals surface area contributed by atoms with E-state index in [0.717, 1.165) is 18.6 Å². The fraction of sp³-hybridized carbons (Fsp3) is 0.923. The summed E-state index contributed by atoms with van der Waals surface area (Å²) in [4.78, 5) is 11.2. The fourth-order valence-electron chi connectivity index (χ4n) is 1.36. The second kappa shape index (κ2) is 9.09. The molecule has 0 aliphatic heterocycles. The third-order valence-corrected chi connectivity index (χ3v) is 3.86. The van der Waals surface area contributed by atoms with E-state index in [4.69, 9.17) is 16.3 Å². The molecule has 0 bridgehead atoms. The third kappa shape index (κ3) is 11.0. The van der Waals surface area contributed by atoms with Crippen molar-refractivity contribution in [1.82, 2.24) is 0 Å². The molecule has 0 aliphatic carbocycles. The molecule has 0 N–H and O–H groups in total. The van der Waals surface area contributed by atoms with Gasteiger partial charge in [0, 0.05) is 10.5 Å². The van der Waals surface area contributed by atoms with Gasteiger partial charge in [0.1, 0.15) is 12.0 Å². The highest BCUT2D eigenvalue weighted by Crippen LogP contribution is 2.26. The van der Waals surface area contributed by atoms with Crippen molar-refractivity contribution in [3.63, 3.8) is 0 Å². The zero-order valence-electron chi connectivity index (χ0n) is 11.4. The van der Waals surface area contributed by atoms with E-state index in [1.54, 1.807) is 0 Å². The molecule has 0 amide bonds. The molecule has 1 unspecified atom stereocenters. The van der Waals surface area contributed by atoms with Gasteiger partial charge in [-0.15, -0.1) is 11.6 Å². The molecule has 2 nitrogen and oxygen atoms in total. The van der Waals surface area contributed by atoms with E-state index in [1.165, 1.54) is 12.8 Å². The monoisotopic (exact) mass is 280 g/mol. The van der Waals surface area contributed by atoms with Crippen molar-refractivity contribution >= 4 is 29.3 Å². The van der Waals surface area contributed by atoms with Crippen LogP contribution < -0.4 is 0 Å². The predicted molar refractivity (Wildman–Crippen MR) is 77.0 cm³/mol. The van der Waals surface area contributed by atoms with E-state index in [0.29, 0.717) is 0 Å². The molecule has 4 heteroatoms. The topological polar surface area (TPSA) is 26.3 Å². The smallest absolute Gasteiger partial charge is 0.321 e. The Morgan fingerprint density at radius 2 is 2.00 bits per heavy atom. The van der Waals surface area contributed by atoms with Crippen molar-refractivity contribution in [2.45, 2.75) is 64.2 Å². The van der Waals surface area contributed by atoms with Gasteiger partial charge in [-0.25, -0.2) is 0 Å². The average Bonchev–Trinajstić information content (AvgIpc) is 2.24. The van der Waals surface area contributed by atoms with Crippen LogP contribution in [0.25, 0.3) is 0 Å². The Labute approximate surface area is 115 Å². The van der Waals surface area contributed by atoms with Crippen LogP contribution in [-0.4, -0.2) is 28.5 Å². The van der Waals surface area contributed by atoms with Crippen molar-refractivity contribution in [2.24, 2.45) is 0 Å². The van der Waals surface area contributed by atoms with Gasteiger partial charge in [-0.3, -0.25) is 4.79 Å². The second-order valence-corrected chi connectivity index (χ2v) is 7.28. The van der Waals surface area contributed by atoms with Gasteiger partial charge < -0.3 is 4.74 Å². The van der Waals surface area contributed by atoms with Crippen molar-refractivity contribution in [3.05, 3.63) is 0 Å². The van der Waals surface area contributed by atoms with Crippen molar-refractivity contribution < 1.29 is 9.53 Å². The maximum Gasteiger partial charge on any atom is 0.321 e. The summed E-state index contributed by atoms with van der Waals surface area (Å²) in [7, 11) is 0. The van der Waals surface area contributed by atoms with E-state index in [1.807, 2.05) is 11.8 Å². The van der Waals surface area contributed by atoms with Crippen LogP contribution in [0.4, 0.5) is 0 Å². The molecule has 102 valence electrons. The molecule has 0 aromatic rings. The van der Waals surface area contributed by atoms with Crippen molar-refractivity contribution in [2.75, 3.05) is 11.6 Å². The lowest BCUT2D eigenvalue weighted by Gasteiger charge is -2.23. The number of thioether (sulfide) groups is 1. The number of rotatable bonds is 8. The van der Waals surface area contributed by atoms with Gasteiger partial charge in [0.15, 0.2) is 0 Å². The Balaban J connectivity index is 4.05. The summed E-state index contributed by atoms with van der Waals surface area (Å²) in [6.45, 7) is 8.68. The van der Waals surface area contributed by atoms with Gasteiger partial charge in [-0.1, -0.05) is 40.5 Å². The van der Waals surface area contributed by atoms with Crippen LogP contribution >= 0.6 is 23.4 Å². The molecule has 17 heavy (non-hydrogen) atoms. The lowest BCUT2D eigenvalue weighted by Crippen LogP contribution is -2.24. The van der Waals surface area contributed by atoms with Gasteiger partial charge in [0.25, 0.3) is 0 Å². The quantitative estimate of drug-likeness (QED) is 0.378. The minimum absolute atomic E-state index is 0.0111. The number of ether oxygens (including phenoxy) is 1. The summed E-state index contributed by atoms with van der Waals surface area (Å²) in [6.07, 6.45) is 4.44. The molecule has 0 aliphatic rings. The maximum atomic E-state index is 11.2. The molecule has 0 heterocycles. The third-order valence-electron chi connectivity index (χ3n) is 2.24. The molecular weight excluding hydrogens is 256 g/mol. The van der Waals surface area contributed by atoms with Crippen LogP contribution in [0.15, 0.2) is 0 Å². The number of carbonyl (C=O) groups excluding carboxylic acids is 1. The van der Waals surface area contributed by atoms with E-state index in [9.17, 15) is 4.79 Å². The molecule has 0 spiro atoms. The average molecular weight is 281 g/mol. The normalized spacial score (nSPS) is 13.5. The van der Waals surface area contributed by atoms with Crippen LogP contribution in [0.3, 0.4) is 0 Å². The second-order valence-electron chi connectivity index (χ2n) is 5.16. The number of hydrogen-bond donors (Lipinski definition) is 0. The first-order valence-corrected chi connectivity index (χ1v) is 7.80. The summed E-state index contributed by atoms with van der Waals surface area (Å²) in [5.41, 5.74) is 0. The summed E-state index contributed by atoms with van der Waals surface area (Å²) < 4.78 is 5.55. The maximum absolute atomic E-state index is 11.2. The zero-order chi connectivity index (χ0) is 13.3. The molecule has 1 atom stereocenters. The first kappa shape index (κ1) is 17.1. The van der Waals surface area contributed by atoms with E-state index in [-0.39, 0.29) is 22.7 Å². The van der Waals surface area contributed by atoms with Crippen LogP contribution in [0.5, 0.6) is 0 Å². The standard InChI is InChI=1S/C13H25ClO2S/c1-5-6-7-8-11(16-12(15)9-14)10-17-13(2,3)4/h11H,5-10H2,1-4H3. The molecule has 0 saturated heterocycles. The Hall–Kier alpha value is 0.110. The number of halogens is 1. The summed E-state index contributed by atoms with van der Waals surface area (Å²) in [5, 5.41) is 0. The number of carbonyl (C=O) groups is 1. The molecule has 0 fully saturated rings. The highest BCUT2D eigenvalue weighted by atomic mass is 35.5. The number of alkyl halides is 1. The van der Waals surface area contributed by atoms with Crippen molar-refractivity contribution in [1.29, 1.82) is 0 Å². The molecule has 0 radical (unpaired) electrons. The Bertz CT molecular complexity index is 214. The van der Waals surface area contributed by atoms with Gasteiger partial charge in [-0.2, -0.15) is 11.8 Å². The SMILES string of the molecule is CCCCCC(CSC(C)(C)C)OC(=O)CCl. The lowest BCUT2D eigenvalue weighted by atomic mass is 10.1. The Morgan fingerprint density at radius 1 is 1.35 bits per heavy atom. The molecule has 0 saturated carbocycles. The fourth-order valence-corrected chi connectivity index (χ4v) is 2.34. The van der Waals surface area contributed by atoms with Gasteiger partial charge in [-0.05, 0) is 12.8 Å². The van der Waals surface area contributed by atoms with Crippen LogP contribution in [0.2, 0.25) is 0 Å². The van der Waals surface area contributed by atoms with Crippen LogP contribution in [0, 0.1) is 0 Å². The first-order valence-electron chi connectivity index (χ1n) is 6.28. The van der Waals surface area contributed by atoms with Crippen molar-refractivity contribution in [3.8, 4) is 0 Å². The zero-order valence-corrected chi connectivity index (χ0v) is 13.0. The number of unbranched alkanes of at least 4 members (excludes halogenated alkanes) is 2. The molecule has 0 rings (SSSR count).